The van der Waals surface area contributed by atoms with Crippen molar-refractivity contribution in [3.63, 3.8) is 0 Å². The minimum atomic E-state index is -0.0797. The highest BCUT2D eigenvalue weighted by Gasteiger charge is 2.21. The van der Waals surface area contributed by atoms with Crippen molar-refractivity contribution >= 4 is 11.6 Å². The van der Waals surface area contributed by atoms with E-state index in [-0.39, 0.29) is 11.9 Å². The zero-order chi connectivity index (χ0) is 14.4. The number of amides is 1. The van der Waals surface area contributed by atoms with E-state index >= 15 is 0 Å². The molecule has 19 heavy (non-hydrogen) atoms. The van der Waals surface area contributed by atoms with Gasteiger partial charge in [-0.25, -0.2) is 0 Å². The van der Waals surface area contributed by atoms with Crippen LogP contribution in [0.3, 0.4) is 0 Å². The first kappa shape index (κ1) is 15.3. The monoisotopic (exact) mass is 266 g/mol. The number of nitrogen functional groups attached to an aromatic ring is 1. The Balaban J connectivity index is 3.02. The van der Waals surface area contributed by atoms with E-state index < -0.39 is 0 Å². The van der Waals surface area contributed by atoms with Gasteiger partial charge in [0.1, 0.15) is 5.75 Å². The molecule has 1 rings (SSSR count). The van der Waals surface area contributed by atoms with Crippen LogP contribution in [0.5, 0.6) is 5.75 Å². The maximum absolute atomic E-state index is 12.5. The Labute approximate surface area is 114 Å². The van der Waals surface area contributed by atoms with Gasteiger partial charge in [0, 0.05) is 31.5 Å². The molecule has 0 fully saturated rings. The van der Waals surface area contributed by atoms with Gasteiger partial charge in [-0.15, -0.1) is 0 Å². The second kappa shape index (κ2) is 6.99. The predicted molar refractivity (Wildman–Crippen MR) is 75.5 cm³/mol. The fraction of sp³-hybridized carbons (Fsp3) is 0.500. The number of carbonyl (C=O) groups is 1. The Hall–Kier alpha value is -1.75. The summed E-state index contributed by atoms with van der Waals surface area (Å²) in [6.45, 7) is 4.98. The number of rotatable bonds is 6. The first-order valence-corrected chi connectivity index (χ1v) is 6.24. The number of methoxy groups -OCH3 is 2. The zero-order valence-electron chi connectivity index (χ0n) is 12.0. The van der Waals surface area contributed by atoms with Crippen LogP contribution in [-0.4, -0.2) is 44.2 Å². The fourth-order valence-corrected chi connectivity index (χ4v) is 1.82. The maximum Gasteiger partial charge on any atom is 0.257 e. The molecule has 0 radical (unpaired) electrons. The van der Waals surface area contributed by atoms with Gasteiger partial charge >= 0.3 is 0 Å². The Bertz CT molecular complexity index is 433. The number of hydrogen-bond acceptors (Lipinski definition) is 4. The van der Waals surface area contributed by atoms with Gasteiger partial charge < -0.3 is 20.1 Å². The molecule has 0 saturated heterocycles. The fourth-order valence-electron chi connectivity index (χ4n) is 1.82. The summed E-state index contributed by atoms with van der Waals surface area (Å²) in [6.07, 6.45) is 0. The molecule has 0 spiro atoms. The lowest BCUT2D eigenvalue weighted by atomic mass is 10.1. The van der Waals surface area contributed by atoms with Gasteiger partial charge in [-0.05, 0) is 26.0 Å². The average molecular weight is 266 g/mol. The van der Waals surface area contributed by atoms with Crippen molar-refractivity contribution in [1.82, 2.24) is 4.90 Å². The van der Waals surface area contributed by atoms with Crippen LogP contribution in [0.4, 0.5) is 5.69 Å². The van der Waals surface area contributed by atoms with E-state index in [0.717, 1.165) is 0 Å². The molecule has 0 aliphatic carbocycles. The van der Waals surface area contributed by atoms with Crippen LogP contribution in [0.2, 0.25) is 0 Å². The highest BCUT2D eigenvalue weighted by Crippen LogP contribution is 2.23. The lowest BCUT2D eigenvalue weighted by Gasteiger charge is -2.27. The topological polar surface area (TPSA) is 64.8 Å². The van der Waals surface area contributed by atoms with Crippen LogP contribution < -0.4 is 10.5 Å². The number of nitrogens with two attached hydrogens (primary N) is 1. The predicted octanol–water partition coefficient (Wildman–Crippen LogP) is 1.77. The van der Waals surface area contributed by atoms with Gasteiger partial charge in [-0.2, -0.15) is 0 Å². The number of ether oxygens (including phenoxy) is 2. The summed E-state index contributed by atoms with van der Waals surface area (Å²) in [5.74, 6) is 0.414. The van der Waals surface area contributed by atoms with Gasteiger partial charge in [-0.3, -0.25) is 4.79 Å². The van der Waals surface area contributed by atoms with Crippen LogP contribution in [0.1, 0.15) is 24.2 Å². The molecule has 1 aromatic rings. The number of nitrogens with zero attached hydrogens (tertiary/aromatic N) is 1. The summed E-state index contributed by atoms with van der Waals surface area (Å²) < 4.78 is 10.3. The highest BCUT2D eigenvalue weighted by atomic mass is 16.5. The molecule has 5 nitrogen and oxygen atoms in total. The molecular formula is C14H22N2O3. The molecule has 0 bridgehead atoms. The van der Waals surface area contributed by atoms with E-state index in [1.807, 2.05) is 13.8 Å². The molecular weight excluding hydrogens is 244 g/mol. The molecule has 1 aromatic carbocycles. The normalized spacial score (nSPS) is 10.6. The molecule has 0 unspecified atom stereocenters. The first-order valence-electron chi connectivity index (χ1n) is 6.24. The summed E-state index contributed by atoms with van der Waals surface area (Å²) >= 11 is 0. The molecule has 1 amide bonds. The van der Waals surface area contributed by atoms with Crippen LogP contribution in [0.15, 0.2) is 18.2 Å². The molecule has 0 aliphatic heterocycles. The average Bonchev–Trinajstić information content (AvgIpc) is 2.38. The smallest absolute Gasteiger partial charge is 0.257 e. The standard InChI is InChI=1S/C14H22N2O3/c1-10(2)16(7-8-18-3)14(17)12-6-5-11(15)9-13(12)19-4/h5-6,9-10H,7-8,15H2,1-4H3. The van der Waals surface area contributed by atoms with E-state index in [2.05, 4.69) is 0 Å². The largest absolute Gasteiger partial charge is 0.496 e. The van der Waals surface area contributed by atoms with Gasteiger partial charge in [-0.1, -0.05) is 0 Å². The lowest BCUT2D eigenvalue weighted by molar-refractivity contribution is 0.0632. The molecule has 106 valence electrons. The molecule has 0 atom stereocenters. The zero-order valence-corrected chi connectivity index (χ0v) is 12.0. The number of carbonyl (C=O) groups excluding carboxylic acids is 1. The Morgan fingerprint density at radius 3 is 2.58 bits per heavy atom. The minimum absolute atomic E-state index is 0.0797. The van der Waals surface area contributed by atoms with Crippen molar-refractivity contribution in [2.45, 2.75) is 19.9 Å². The van der Waals surface area contributed by atoms with E-state index in [9.17, 15) is 4.79 Å². The summed E-state index contributed by atoms with van der Waals surface area (Å²) in [6, 6.07) is 5.13. The third kappa shape index (κ3) is 3.86. The van der Waals surface area contributed by atoms with Crippen LogP contribution in [0.25, 0.3) is 0 Å². The highest BCUT2D eigenvalue weighted by molar-refractivity contribution is 5.97. The van der Waals surface area contributed by atoms with Crippen molar-refractivity contribution in [2.75, 3.05) is 33.1 Å². The van der Waals surface area contributed by atoms with Crippen LogP contribution in [0, 0.1) is 0 Å². The molecule has 5 heteroatoms. The second-order valence-electron chi connectivity index (χ2n) is 4.54. The molecule has 0 saturated carbocycles. The Morgan fingerprint density at radius 1 is 1.37 bits per heavy atom. The van der Waals surface area contributed by atoms with Crippen LogP contribution in [-0.2, 0) is 4.74 Å². The Kier molecular flexibility index (Phi) is 5.63. The molecule has 0 heterocycles. The quantitative estimate of drug-likeness (QED) is 0.797. The molecule has 0 aromatic heterocycles. The van der Waals surface area contributed by atoms with Gasteiger partial charge in [0.05, 0.1) is 19.3 Å². The van der Waals surface area contributed by atoms with E-state index in [1.165, 1.54) is 7.11 Å². The van der Waals surface area contributed by atoms with Crippen molar-refractivity contribution in [1.29, 1.82) is 0 Å². The van der Waals surface area contributed by atoms with Gasteiger partial charge in [0.15, 0.2) is 0 Å². The van der Waals surface area contributed by atoms with Crippen molar-refractivity contribution in [3.8, 4) is 5.75 Å². The van der Waals surface area contributed by atoms with E-state index in [1.54, 1.807) is 30.2 Å². The summed E-state index contributed by atoms with van der Waals surface area (Å²) in [5, 5.41) is 0. The summed E-state index contributed by atoms with van der Waals surface area (Å²) in [4.78, 5) is 14.3. The number of anilines is 1. The third-order valence-corrected chi connectivity index (χ3v) is 2.88. The maximum atomic E-state index is 12.5. The summed E-state index contributed by atoms with van der Waals surface area (Å²) in [5.41, 5.74) is 6.78. The summed E-state index contributed by atoms with van der Waals surface area (Å²) in [7, 11) is 3.15. The SMILES string of the molecule is COCCN(C(=O)c1ccc(N)cc1OC)C(C)C. The molecule has 0 aliphatic rings. The lowest BCUT2D eigenvalue weighted by Crippen LogP contribution is -2.39. The number of hydrogen-bond donors (Lipinski definition) is 1. The van der Waals surface area contributed by atoms with Crippen molar-refractivity contribution in [3.05, 3.63) is 23.8 Å². The second-order valence-corrected chi connectivity index (χ2v) is 4.54. The number of benzene rings is 1. The van der Waals surface area contributed by atoms with E-state index in [0.29, 0.717) is 30.2 Å². The third-order valence-electron chi connectivity index (χ3n) is 2.88. The van der Waals surface area contributed by atoms with Crippen molar-refractivity contribution < 1.29 is 14.3 Å². The Morgan fingerprint density at radius 2 is 2.05 bits per heavy atom. The minimum Gasteiger partial charge on any atom is -0.496 e. The van der Waals surface area contributed by atoms with E-state index in [4.69, 9.17) is 15.2 Å². The van der Waals surface area contributed by atoms with Crippen LogP contribution >= 0.6 is 0 Å². The first-order chi connectivity index (χ1) is 9.01. The van der Waals surface area contributed by atoms with Gasteiger partial charge in [0.2, 0.25) is 0 Å². The van der Waals surface area contributed by atoms with Gasteiger partial charge in [0.25, 0.3) is 5.91 Å². The van der Waals surface area contributed by atoms with Crippen molar-refractivity contribution in [2.24, 2.45) is 0 Å². The molecule has 2 N–H and O–H groups in total.